The summed E-state index contributed by atoms with van der Waals surface area (Å²) < 4.78 is 4.81. The number of fused-ring (bicyclic) bond motifs is 6. The highest BCUT2D eigenvalue weighted by atomic mass is 15.0. The summed E-state index contributed by atoms with van der Waals surface area (Å²) in [5.41, 5.74) is 16.9. The zero-order valence-electron chi connectivity index (χ0n) is 32.2. The summed E-state index contributed by atoms with van der Waals surface area (Å²) >= 11 is 0. The van der Waals surface area contributed by atoms with Crippen LogP contribution in [0.25, 0.3) is 93.9 Å². The average molecular weight is 731 g/mol. The van der Waals surface area contributed by atoms with E-state index < -0.39 is 0 Å². The summed E-state index contributed by atoms with van der Waals surface area (Å²) in [7, 11) is 0. The molecule has 0 saturated heterocycles. The molecule has 57 heavy (non-hydrogen) atoms. The fourth-order valence-electron chi connectivity index (χ4n) is 8.60. The first-order valence-corrected chi connectivity index (χ1v) is 20.0. The van der Waals surface area contributed by atoms with Crippen molar-refractivity contribution in [3.05, 3.63) is 212 Å². The van der Waals surface area contributed by atoms with Crippen LogP contribution < -0.4 is 0 Å². The molecular weight excluding hydrogens is 689 g/mol. The first-order chi connectivity index (χ1) is 28.2. The molecule has 2 nitrogen and oxygen atoms in total. The van der Waals surface area contributed by atoms with Crippen molar-refractivity contribution in [2.75, 3.05) is 0 Å². The maximum atomic E-state index is 2.41. The zero-order chi connectivity index (χ0) is 38.3. The summed E-state index contributed by atoms with van der Waals surface area (Å²) in [5, 5.41) is 5.00. The maximum absolute atomic E-state index is 2.41. The van der Waals surface area contributed by atoms with Gasteiger partial charge in [0.05, 0.1) is 22.1 Å². The summed E-state index contributed by atoms with van der Waals surface area (Å²) in [6, 6.07) is 68.9. The fraction of sp³-hybridized carbons (Fsp3) is 0.0545. The van der Waals surface area contributed by atoms with Gasteiger partial charge in [-0.2, -0.15) is 0 Å². The molecule has 0 bridgehead atoms. The number of para-hydroxylation sites is 2. The molecule has 0 fully saturated rings. The van der Waals surface area contributed by atoms with Crippen LogP contribution in [0.2, 0.25) is 0 Å². The molecule has 0 atom stereocenters. The van der Waals surface area contributed by atoms with Crippen molar-refractivity contribution in [1.29, 1.82) is 0 Å². The predicted molar refractivity (Wildman–Crippen MR) is 245 cm³/mol. The summed E-state index contributed by atoms with van der Waals surface area (Å²) in [6.07, 6.45) is 7.65. The quantitative estimate of drug-likeness (QED) is 0.138. The van der Waals surface area contributed by atoms with Crippen molar-refractivity contribution in [3.8, 4) is 44.8 Å². The van der Waals surface area contributed by atoms with E-state index in [0.29, 0.717) is 0 Å². The maximum Gasteiger partial charge on any atom is 0.0541 e. The van der Waals surface area contributed by atoms with Crippen LogP contribution in [-0.4, -0.2) is 9.13 Å². The summed E-state index contributed by atoms with van der Waals surface area (Å²) in [6.45, 7) is 4.28. The highest BCUT2D eigenvalue weighted by Gasteiger charge is 2.17. The Morgan fingerprint density at radius 1 is 0.404 bits per heavy atom. The third kappa shape index (κ3) is 6.07. The lowest BCUT2D eigenvalue weighted by Gasteiger charge is -2.11. The molecule has 10 rings (SSSR count). The van der Waals surface area contributed by atoms with Gasteiger partial charge in [-0.25, -0.2) is 0 Å². The van der Waals surface area contributed by atoms with Crippen molar-refractivity contribution in [2.24, 2.45) is 0 Å². The Morgan fingerprint density at radius 2 is 0.895 bits per heavy atom. The number of rotatable bonds is 8. The van der Waals surface area contributed by atoms with E-state index in [2.05, 4.69) is 229 Å². The normalized spacial score (nSPS) is 12.1. The topological polar surface area (TPSA) is 9.86 Å². The van der Waals surface area contributed by atoms with Gasteiger partial charge in [0.15, 0.2) is 0 Å². The van der Waals surface area contributed by atoms with E-state index in [1.807, 2.05) is 0 Å². The molecule has 8 aromatic carbocycles. The highest BCUT2D eigenvalue weighted by molar-refractivity contribution is 6.12. The monoisotopic (exact) mass is 730 g/mol. The molecule has 2 aromatic heterocycles. The molecule has 0 N–H and O–H groups in total. The van der Waals surface area contributed by atoms with Crippen LogP contribution >= 0.6 is 0 Å². The lowest BCUT2D eigenvalue weighted by molar-refractivity contribution is 1.18. The molecule has 0 radical (unpaired) electrons. The fourth-order valence-corrected chi connectivity index (χ4v) is 8.60. The SMILES string of the molecule is C/C=C(\C=C/CC)c1cccc(-c2ccc(-n3c4ccccc4c4cc(-c5ccc6c(c5)c5ccccc5n6-c5cccc(-c6ccccc6)c5)ccc43)cc2)c1. The van der Waals surface area contributed by atoms with E-state index in [-0.39, 0.29) is 0 Å². The van der Waals surface area contributed by atoms with Gasteiger partial charge in [-0.15, -0.1) is 0 Å². The average Bonchev–Trinajstić information content (AvgIpc) is 3.79. The Morgan fingerprint density at radius 3 is 1.53 bits per heavy atom. The van der Waals surface area contributed by atoms with E-state index in [0.717, 1.165) is 17.8 Å². The molecule has 0 unspecified atom stereocenters. The molecule has 2 heterocycles. The van der Waals surface area contributed by atoms with E-state index in [4.69, 9.17) is 0 Å². The second-order valence-corrected chi connectivity index (χ2v) is 14.8. The summed E-state index contributed by atoms with van der Waals surface area (Å²) in [5.74, 6) is 0. The molecule has 0 aliphatic carbocycles. The minimum Gasteiger partial charge on any atom is -0.309 e. The van der Waals surface area contributed by atoms with Crippen LogP contribution in [0.15, 0.2) is 206 Å². The Balaban J connectivity index is 1.04. The van der Waals surface area contributed by atoms with Crippen LogP contribution in [0.4, 0.5) is 0 Å². The molecule has 272 valence electrons. The van der Waals surface area contributed by atoms with Gasteiger partial charge < -0.3 is 9.13 Å². The Hall–Kier alpha value is -7.16. The lowest BCUT2D eigenvalue weighted by atomic mass is 9.98. The minimum atomic E-state index is 1.02. The molecular formula is C55H42N2. The second-order valence-electron chi connectivity index (χ2n) is 14.8. The van der Waals surface area contributed by atoms with Gasteiger partial charge in [-0.05, 0) is 125 Å². The van der Waals surface area contributed by atoms with E-state index in [1.165, 1.54) is 88.1 Å². The van der Waals surface area contributed by atoms with Crippen LogP contribution in [0.5, 0.6) is 0 Å². The van der Waals surface area contributed by atoms with Crippen LogP contribution in [0, 0.1) is 0 Å². The number of benzene rings is 8. The molecule has 0 spiro atoms. The molecule has 0 amide bonds. The number of allylic oxidation sites excluding steroid dienone is 4. The van der Waals surface area contributed by atoms with Crippen LogP contribution in [-0.2, 0) is 0 Å². The molecule has 2 heteroatoms. The molecule has 0 saturated carbocycles. The van der Waals surface area contributed by atoms with E-state index in [1.54, 1.807) is 0 Å². The third-order valence-electron chi connectivity index (χ3n) is 11.4. The van der Waals surface area contributed by atoms with Gasteiger partial charge in [-0.1, -0.05) is 146 Å². The standard InChI is InChI=1S/C55H42N2/c1-3-5-15-38(4-2)41-18-13-19-42(34-41)40-26-30-46(31-27-40)56-52-24-11-9-22-48(52)50-36-44(28-32-54(50)56)45-29-33-55-51(37-45)49-23-10-12-25-53(49)57(55)47-21-14-20-43(35-47)39-16-7-6-8-17-39/h4-37H,3H2,1-2H3/b15-5-,38-4+. The second kappa shape index (κ2) is 14.5. The highest BCUT2D eigenvalue weighted by Crippen LogP contribution is 2.39. The van der Waals surface area contributed by atoms with E-state index in [9.17, 15) is 0 Å². The Kier molecular flexibility index (Phi) is 8.73. The first kappa shape index (κ1) is 34.3. The van der Waals surface area contributed by atoms with Crippen molar-refractivity contribution in [1.82, 2.24) is 9.13 Å². The lowest BCUT2D eigenvalue weighted by Crippen LogP contribution is -1.94. The smallest absolute Gasteiger partial charge is 0.0541 e. The Labute approximate surface area is 333 Å². The van der Waals surface area contributed by atoms with Gasteiger partial charge in [0.1, 0.15) is 0 Å². The van der Waals surface area contributed by atoms with Crippen molar-refractivity contribution >= 4 is 49.2 Å². The van der Waals surface area contributed by atoms with Gasteiger partial charge in [0, 0.05) is 32.9 Å². The third-order valence-corrected chi connectivity index (χ3v) is 11.4. The molecule has 10 aromatic rings. The van der Waals surface area contributed by atoms with E-state index >= 15 is 0 Å². The molecule has 0 aliphatic heterocycles. The number of hydrogen-bond donors (Lipinski definition) is 0. The van der Waals surface area contributed by atoms with Gasteiger partial charge in [0.25, 0.3) is 0 Å². The number of aromatic nitrogens is 2. The van der Waals surface area contributed by atoms with Crippen molar-refractivity contribution < 1.29 is 0 Å². The Bertz CT molecular complexity index is 3150. The number of hydrogen-bond acceptors (Lipinski definition) is 0. The summed E-state index contributed by atoms with van der Waals surface area (Å²) in [4.78, 5) is 0. The first-order valence-electron chi connectivity index (χ1n) is 20.0. The van der Waals surface area contributed by atoms with Crippen molar-refractivity contribution in [2.45, 2.75) is 20.3 Å². The van der Waals surface area contributed by atoms with Gasteiger partial charge in [0.2, 0.25) is 0 Å². The largest absolute Gasteiger partial charge is 0.309 e. The van der Waals surface area contributed by atoms with Crippen LogP contribution in [0.1, 0.15) is 25.8 Å². The van der Waals surface area contributed by atoms with Gasteiger partial charge in [-0.3, -0.25) is 0 Å². The molecule has 0 aliphatic rings. The predicted octanol–water partition coefficient (Wildman–Crippen LogP) is 15.3. The van der Waals surface area contributed by atoms with Gasteiger partial charge >= 0.3 is 0 Å². The number of nitrogens with zero attached hydrogens (tertiary/aromatic N) is 2. The zero-order valence-corrected chi connectivity index (χ0v) is 32.2. The van der Waals surface area contributed by atoms with Crippen molar-refractivity contribution in [3.63, 3.8) is 0 Å². The minimum absolute atomic E-state index is 1.02. The van der Waals surface area contributed by atoms with Crippen LogP contribution in [0.3, 0.4) is 0 Å².